The number of carbonyl (C=O) groups excluding carboxylic acids is 1. The molecule has 1 aliphatic heterocycles. The fraction of sp³-hybridized carbons (Fsp3) is 0.316. The minimum atomic E-state index is -0.232. The number of aromatic nitrogens is 4. The minimum Gasteiger partial charge on any atom is -0.337 e. The average Bonchev–Trinajstić information content (AvgIpc) is 3.19. The van der Waals surface area contributed by atoms with Gasteiger partial charge in [-0.3, -0.25) is 9.78 Å². The quantitative estimate of drug-likeness (QED) is 0.722. The van der Waals surface area contributed by atoms with Crippen LogP contribution < -0.4 is 0 Å². The van der Waals surface area contributed by atoms with E-state index in [1.54, 1.807) is 11.1 Å². The molecule has 0 bridgehead atoms. The smallest absolute Gasteiger partial charge is 0.274 e. The van der Waals surface area contributed by atoms with Gasteiger partial charge in [-0.1, -0.05) is 35.5 Å². The number of likely N-dealkylation sites (tertiary alicyclic amines) is 1. The van der Waals surface area contributed by atoms with Crippen LogP contribution in [0.4, 0.5) is 0 Å². The summed E-state index contributed by atoms with van der Waals surface area (Å²) >= 11 is 0. The van der Waals surface area contributed by atoms with Gasteiger partial charge < -0.3 is 9.42 Å². The Morgan fingerprint density at radius 2 is 2.00 bits per heavy atom. The molecule has 132 valence electrons. The van der Waals surface area contributed by atoms with Crippen molar-refractivity contribution in [3.05, 3.63) is 60.0 Å². The lowest BCUT2D eigenvalue weighted by Gasteiger charge is -2.33. The van der Waals surface area contributed by atoms with Crippen LogP contribution in [0.15, 0.2) is 47.2 Å². The van der Waals surface area contributed by atoms with Crippen LogP contribution >= 0.6 is 0 Å². The molecular weight excluding hydrogens is 330 g/mol. The lowest BCUT2D eigenvalue weighted by Crippen LogP contribution is -2.39. The van der Waals surface area contributed by atoms with Gasteiger partial charge in [-0.15, -0.1) is 0 Å². The molecule has 7 heteroatoms. The van der Waals surface area contributed by atoms with Crippen molar-refractivity contribution in [1.82, 2.24) is 25.0 Å². The summed E-state index contributed by atoms with van der Waals surface area (Å²) in [6.45, 7) is 2.48. The van der Waals surface area contributed by atoms with Crippen molar-refractivity contribution >= 4 is 5.91 Å². The summed E-state index contributed by atoms with van der Waals surface area (Å²) in [5.74, 6) is 0.854. The van der Waals surface area contributed by atoms with Crippen LogP contribution in [0.5, 0.6) is 0 Å². The first kappa shape index (κ1) is 16.4. The summed E-state index contributed by atoms with van der Waals surface area (Å²) in [6.07, 6.45) is 5.87. The van der Waals surface area contributed by atoms with Crippen molar-refractivity contribution < 1.29 is 9.32 Å². The van der Waals surface area contributed by atoms with Gasteiger partial charge in [-0.2, -0.15) is 4.98 Å². The van der Waals surface area contributed by atoms with Crippen LogP contribution in [0.1, 0.15) is 47.4 Å². The number of piperidine rings is 1. The fourth-order valence-corrected chi connectivity index (χ4v) is 3.16. The van der Waals surface area contributed by atoms with Crippen LogP contribution in [0.25, 0.3) is 11.4 Å². The zero-order valence-electron chi connectivity index (χ0n) is 14.5. The van der Waals surface area contributed by atoms with E-state index in [0.29, 0.717) is 24.0 Å². The maximum absolute atomic E-state index is 12.9. The van der Waals surface area contributed by atoms with E-state index in [0.717, 1.165) is 30.5 Å². The summed E-state index contributed by atoms with van der Waals surface area (Å²) in [5.41, 5.74) is 2.01. The van der Waals surface area contributed by atoms with Gasteiger partial charge >= 0.3 is 0 Å². The average molecular weight is 349 g/mol. The summed E-state index contributed by atoms with van der Waals surface area (Å²) in [6, 6.07) is 9.43. The van der Waals surface area contributed by atoms with Gasteiger partial charge in [-0.05, 0) is 26.2 Å². The third kappa shape index (κ3) is 3.20. The fourth-order valence-electron chi connectivity index (χ4n) is 3.16. The summed E-state index contributed by atoms with van der Waals surface area (Å²) in [5, 5.41) is 4.09. The van der Waals surface area contributed by atoms with Gasteiger partial charge in [0.15, 0.2) is 0 Å². The molecule has 7 nitrogen and oxygen atoms in total. The molecule has 26 heavy (non-hydrogen) atoms. The van der Waals surface area contributed by atoms with E-state index in [9.17, 15) is 4.79 Å². The Labute approximate surface area is 151 Å². The molecule has 1 saturated heterocycles. The predicted molar refractivity (Wildman–Crippen MR) is 94.1 cm³/mol. The largest absolute Gasteiger partial charge is 0.337 e. The minimum absolute atomic E-state index is 0.151. The Balaban J connectivity index is 1.61. The Hall–Kier alpha value is -3.09. The number of hydrogen-bond acceptors (Lipinski definition) is 6. The second kappa shape index (κ2) is 7.03. The highest BCUT2D eigenvalue weighted by Gasteiger charge is 2.33. The predicted octanol–water partition coefficient (Wildman–Crippen LogP) is 3.20. The van der Waals surface area contributed by atoms with Crippen molar-refractivity contribution in [3.63, 3.8) is 0 Å². The number of aryl methyl sites for hydroxylation is 1. The van der Waals surface area contributed by atoms with E-state index in [1.807, 2.05) is 37.3 Å². The number of carbonyl (C=O) groups is 1. The molecule has 1 atom stereocenters. The lowest BCUT2D eigenvalue weighted by atomic mass is 10.0. The van der Waals surface area contributed by atoms with E-state index >= 15 is 0 Å². The molecule has 0 N–H and O–H groups in total. The van der Waals surface area contributed by atoms with Crippen molar-refractivity contribution in [2.45, 2.75) is 32.2 Å². The highest BCUT2D eigenvalue weighted by atomic mass is 16.5. The molecule has 4 rings (SSSR count). The van der Waals surface area contributed by atoms with Crippen LogP contribution in [0.2, 0.25) is 0 Å². The highest BCUT2D eigenvalue weighted by molar-refractivity contribution is 5.92. The lowest BCUT2D eigenvalue weighted by molar-refractivity contribution is 0.0555. The van der Waals surface area contributed by atoms with Crippen molar-refractivity contribution in [2.24, 2.45) is 0 Å². The number of amides is 1. The first-order valence-electron chi connectivity index (χ1n) is 8.71. The van der Waals surface area contributed by atoms with Crippen LogP contribution in [-0.4, -0.2) is 37.5 Å². The maximum atomic E-state index is 12.9. The standard InChI is InChI=1S/C19H19N5O2/c1-13-11-21-15(12-20-13)19(25)24-10-6-5-9-16(24)18-22-17(23-26-18)14-7-3-2-4-8-14/h2-4,7-8,11-12,16H,5-6,9-10H2,1H3/t16-/m0/s1. The molecular formula is C19H19N5O2. The second-order valence-electron chi connectivity index (χ2n) is 6.38. The number of rotatable bonds is 3. The van der Waals surface area contributed by atoms with E-state index in [1.165, 1.54) is 6.20 Å². The zero-order chi connectivity index (χ0) is 17.9. The summed E-state index contributed by atoms with van der Waals surface area (Å²) in [4.78, 5) is 27.6. The van der Waals surface area contributed by atoms with Crippen LogP contribution in [0, 0.1) is 6.92 Å². The molecule has 3 aromatic rings. The molecule has 0 saturated carbocycles. The molecule has 2 aromatic heterocycles. The Bertz CT molecular complexity index is 892. The van der Waals surface area contributed by atoms with Gasteiger partial charge in [0.1, 0.15) is 11.7 Å². The van der Waals surface area contributed by atoms with Crippen molar-refractivity contribution in [2.75, 3.05) is 6.54 Å². The topological polar surface area (TPSA) is 85.0 Å². The van der Waals surface area contributed by atoms with Gasteiger partial charge in [0.2, 0.25) is 11.7 Å². The Morgan fingerprint density at radius 3 is 2.77 bits per heavy atom. The van der Waals surface area contributed by atoms with Crippen LogP contribution in [-0.2, 0) is 0 Å². The number of hydrogen-bond donors (Lipinski definition) is 0. The first-order valence-corrected chi connectivity index (χ1v) is 8.71. The Morgan fingerprint density at radius 1 is 1.15 bits per heavy atom. The first-order chi connectivity index (χ1) is 12.7. The van der Waals surface area contributed by atoms with E-state index in [-0.39, 0.29) is 11.9 Å². The SMILES string of the molecule is Cc1cnc(C(=O)N2CCCC[C@H]2c2nc(-c3ccccc3)no2)cn1. The third-order valence-corrected chi connectivity index (χ3v) is 4.52. The number of benzene rings is 1. The molecule has 1 aliphatic rings. The van der Waals surface area contributed by atoms with Gasteiger partial charge in [0.25, 0.3) is 5.91 Å². The zero-order valence-corrected chi connectivity index (χ0v) is 14.5. The van der Waals surface area contributed by atoms with E-state index < -0.39 is 0 Å². The second-order valence-corrected chi connectivity index (χ2v) is 6.38. The van der Waals surface area contributed by atoms with Crippen molar-refractivity contribution in [1.29, 1.82) is 0 Å². The van der Waals surface area contributed by atoms with Crippen molar-refractivity contribution in [3.8, 4) is 11.4 Å². The molecule has 1 amide bonds. The molecule has 1 aromatic carbocycles. The van der Waals surface area contributed by atoms with Gasteiger partial charge in [0, 0.05) is 18.3 Å². The Kier molecular flexibility index (Phi) is 4.43. The molecule has 1 fully saturated rings. The molecule has 3 heterocycles. The highest BCUT2D eigenvalue weighted by Crippen LogP contribution is 2.32. The summed E-state index contributed by atoms with van der Waals surface area (Å²) in [7, 11) is 0. The molecule has 0 spiro atoms. The third-order valence-electron chi connectivity index (χ3n) is 4.52. The normalized spacial score (nSPS) is 17.3. The maximum Gasteiger partial charge on any atom is 0.274 e. The van der Waals surface area contributed by atoms with Gasteiger partial charge in [0.05, 0.1) is 11.9 Å². The molecule has 0 radical (unpaired) electrons. The molecule has 0 unspecified atom stereocenters. The number of nitrogens with zero attached hydrogens (tertiary/aromatic N) is 5. The summed E-state index contributed by atoms with van der Waals surface area (Å²) < 4.78 is 5.50. The van der Waals surface area contributed by atoms with E-state index in [4.69, 9.17) is 4.52 Å². The van der Waals surface area contributed by atoms with E-state index in [2.05, 4.69) is 20.1 Å². The molecule has 0 aliphatic carbocycles. The monoisotopic (exact) mass is 349 g/mol. The van der Waals surface area contributed by atoms with Crippen LogP contribution in [0.3, 0.4) is 0 Å². The van der Waals surface area contributed by atoms with Gasteiger partial charge in [-0.25, -0.2) is 4.98 Å².